The van der Waals surface area contributed by atoms with Crippen LogP contribution in [-0.2, 0) is 0 Å². The Bertz CT molecular complexity index is 1280. The molecule has 4 aromatic rings. The predicted octanol–water partition coefficient (Wildman–Crippen LogP) is 4.09. The van der Waals surface area contributed by atoms with E-state index < -0.39 is 11.8 Å². The van der Waals surface area contributed by atoms with Gasteiger partial charge in [-0.05, 0) is 48.5 Å². The number of amides is 2. The Morgan fingerprint density at radius 1 is 1.00 bits per heavy atom. The fourth-order valence-electron chi connectivity index (χ4n) is 3.49. The van der Waals surface area contributed by atoms with E-state index in [0.29, 0.717) is 33.2 Å². The number of H-pyrrole nitrogens is 1. The minimum atomic E-state index is -0.427. The summed E-state index contributed by atoms with van der Waals surface area (Å²) in [5.41, 5.74) is 2.76. The molecule has 0 unspecified atom stereocenters. The number of aromatic amines is 1. The molecule has 1 aliphatic heterocycles. The van der Waals surface area contributed by atoms with Gasteiger partial charge in [-0.1, -0.05) is 11.6 Å². The number of carbonyl (C=O) groups is 2. The summed E-state index contributed by atoms with van der Waals surface area (Å²) in [5.74, 6) is -0.138. The zero-order valence-electron chi connectivity index (χ0n) is 15.1. The van der Waals surface area contributed by atoms with E-state index in [1.165, 1.54) is 6.20 Å². The van der Waals surface area contributed by atoms with Crippen molar-refractivity contribution >= 4 is 40.1 Å². The largest absolute Gasteiger partial charge is 0.497 e. The Balaban J connectivity index is 1.69. The van der Waals surface area contributed by atoms with E-state index in [-0.39, 0.29) is 11.1 Å². The average molecular weight is 405 g/mol. The molecule has 0 atom stereocenters. The number of pyridine rings is 1. The normalized spacial score (nSPS) is 13.2. The summed E-state index contributed by atoms with van der Waals surface area (Å²) in [6, 6.07) is 13.9. The second kappa shape index (κ2) is 6.42. The highest BCUT2D eigenvalue weighted by Crippen LogP contribution is 2.36. The molecule has 7 nitrogen and oxygen atoms in total. The number of imide groups is 1. The summed E-state index contributed by atoms with van der Waals surface area (Å²) < 4.78 is 5.20. The number of nitrogens with one attached hydrogen (secondary N) is 1. The van der Waals surface area contributed by atoms with Crippen molar-refractivity contribution in [1.82, 2.24) is 15.2 Å². The maximum atomic E-state index is 13.3. The highest BCUT2D eigenvalue weighted by molar-refractivity contribution is 6.38. The van der Waals surface area contributed by atoms with Crippen molar-refractivity contribution in [3.8, 4) is 17.0 Å². The molecule has 2 amide bonds. The van der Waals surface area contributed by atoms with E-state index in [2.05, 4.69) is 15.2 Å². The number of nitrogens with zero attached hydrogens (tertiary/aromatic N) is 3. The molecule has 2 aromatic heterocycles. The van der Waals surface area contributed by atoms with Crippen LogP contribution in [0.4, 0.5) is 5.69 Å². The van der Waals surface area contributed by atoms with Crippen molar-refractivity contribution in [1.29, 1.82) is 0 Å². The lowest BCUT2D eigenvalue weighted by Crippen LogP contribution is -2.29. The molecule has 29 heavy (non-hydrogen) atoms. The molecule has 142 valence electrons. The van der Waals surface area contributed by atoms with E-state index >= 15 is 0 Å². The molecule has 1 N–H and O–H groups in total. The number of benzene rings is 2. The molecule has 0 radical (unpaired) electrons. The van der Waals surface area contributed by atoms with Crippen LogP contribution >= 0.6 is 11.6 Å². The molecule has 0 saturated heterocycles. The highest BCUT2D eigenvalue weighted by atomic mass is 35.5. The van der Waals surface area contributed by atoms with Crippen LogP contribution in [0.15, 0.2) is 54.7 Å². The predicted molar refractivity (Wildman–Crippen MR) is 108 cm³/mol. The van der Waals surface area contributed by atoms with Crippen molar-refractivity contribution in [2.75, 3.05) is 12.0 Å². The molecule has 0 saturated carbocycles. The minimum Gasteiger partial charge on any atom is -0.497 e. The van der Waals surface area contributed by atoms with E-state index in [9.17, 15) is 9.59 Å². The number of halogens is 1. The molecule has 1 aliphatic rings. The Hall–Kier alpha value is -3.71. The number of ether oxygens (including phenoxy) is 1. The van der Waals surface area contributed by atoms with Crippen LogP contribution in [0, 0.1) is 0 Å². The zero-order chi connectivity index (χ0) is 20.1. The lowest BCUT2D eigenvalue weighted by atomic mass is 10.0. The first-order valence-electron chi connectivity index (χ1n) is 8.74. The van der Waals surface area contributed by atoms with E-state index in [4.69, 9.17) is 16.3 Å². The van der Waals surface area contributed by atoms with Gasteiger partial charge < -0.3 is 4.74 Å². The standard InChI is InChI=1S/C21H13ClN4O3/c1-29-14-8-2-11(3-9-14)18-17-16-15(10-23-19(17)25-24-18)20(27)26(21(16)28)13-6-4-12(22)5-7-13/h2-10H,1H3,(H,23,24,25). The van der Waals surface area contributed by atoms with Crippen LogP contribution < -0.4 is 9.64 Å². The molecule has 0 fully saturated rings. The van der Waals surface area contributed by atoms with Crippen molar-refractivity contribution < 1.29 is 14.3 Å². The first-order chi connectivity index (χ1) is 14.1. The molecule has 0 spiro atoms. The van der Waals surface area contributed by atoms with Gasteiger partial charge in [-0.15, -0.1) is 0 Å². The number of methoxy groups -OCH3 is 1. The van der Waals surface area contributed by atoms with Crippen LogP contribution in [0.5, 0.6) is 5.75 Å². The summed E-state index contributed by atoms with van der Waals surface area (Å²) >= 11 is 5.93. The van der Waals surface area contributed by atoms with Gasteiger partial charge in [-0.25, -0.2) is 9.88 Å². The van der Waals surface area contributed by atoms with Crippen LogP contribution in [0.25, 0.3) is 22.3 Å². The molecule has 3 heterocycles. The van der Waals surface area contributed by atoms with Crippen LogP contribution in [0.1, 0.15) is 20.7 Å². The summed E-state index contributed by atoms with van der Waals surface area (Å²) in [4.78, 5) is 31.6. The minimum absolute atomic E-state index is 0.244. The fraction of sp³-hybridized carbons (Fsp3) is 0.0476. The second-order valence-electron chi connectivity index (χ2n) is 6.49. The van der Waals surface area contributed by atoms with Crippen molar-refractivity contribution in [2.45, 2.75) is 0 Å². The Morgan fingerprint density at radius 3 is 2.41 bits per heavy atom. The number of fused-ring (bicyclic) bond motifs is 3. The lowest BCUT2D eigenvalue weighted by molar-refractivity contribution is 0.0926. The van der Waals surface area contributed by atoms with Gasteiger partial charge in [-0.2, -0.15) is 5.10 Å². The van der Waals surface area contributed by atoms with Gasteiger partial charge in [0.2, 0.25) is 0 Å². The molecular formula is C21H13ClN4O3. The average Bonchev–Trinajstić information content (AvgIpc) is 3.28. The maximum absolute atomic E-state index is 13.3. The molecule has 8 heteroatoms. The van der Waals surface area contributed by atoms with Gasteiger partial charge in [-0.3, -0.25) is 14.7 Å². The van der Waals surface area contributed by atoms with Gasteiger partial charge in [0.05, 0.1) is 35.0 Å². The Morgan fingerprint density at radius 2 is 1.72 bits per heavy atom. The number of rotatable bonds is 3. The van der Waals surface area contributed by atoms with E-state index in [1.54, 1.807) is 31.4 Å². The smallest absolute Gasteiger partial charge is 0.267 e. The van der Waals surface area contributed by atoms with E-state index in [1.807, 2.05) is 24.3 Å². The third-order valence-corrected chi connectivity index (χ3v) is 5.15. The number of carbonyl (C=O) groups excluding carboxylic acids is 2. The molecule has 2 aromatic carbocycles. The van der Waals surface area contributed by atoms with E-state index in [0.717, 1.165) is 10.5 Å². The van der Waals surface area contributed by atoms with Crippen molar-refractivity contribution in [3.63, 3.8) is 0 Å². The Labute approximate surface area is 169 Å². The van der Waals surface area contributed by atoms with Crippen molar-refractivity contribution in [2.24, 2.45) is 0 Å². The first-order valence-corrected chi connectivity index (χ1v) is 9.12. The monoisotopic (exact) mass is 404 g/mol. The number of hydrogen-bond donors (Lipinski definition) is 1. The van der Waals surface area contributed by atoms with Gasteiger partial charge in [0, 0.05) is 16.8 Å². The van der Waals surface area contributed by atoms with Gasteiger partial charge >= 0.3 is 0 Å². The first kappa shape index (κ1) is 17.4. The summed E-state index contributed by atoms with van der Waals surface area (Å²) in [6.07, 6.45) is 1.40. The van der Waals surface area contributed by atoms with Gasteiger partial charge in [0.25, 0.3) is 11.8 Å². The van der Waals surface area contributed by atoms with Crippen LogP contribution in [0.2, 0.25) is 5.02 Å². The zero-order valence-corrected chi connectivity index (χ0v) is 15.9. The third kappa shape index (κ3) is 2.59. The molecular weight excluding hydrogens is 392 g/mol. The number of hydrogen-bond acceptors (Lipinski definition) is 5. The maximum Gasteiger partial charge on any atom is 0.267 e. The number of anilines is 1. The van der Waals surface area contributed by atoms with Gasteiger partial charge in [0.1, 0.15) is 5.75 Å². The third-order valence-electron chi connectivity index (χ3n) is 4.90. The number of aromatic nitrogens is 3. The summed E-state index contributed by atoms with van der Waals surface area (Å²) in [7, 11) is 1.59. The van der Waals surface area contributed by atoms with Gasteiger partial charge in [0.15, 0.2) is 5.65 Å². The van der Waals surface area contributed by atoms with Crippen LogP contribution in [0.3, 0.4) is 0 Å². The van der Waals surface area contributed by atoms with Crippen molar-refractivity contribution in [3.05, 3.63) is 70.9 Å². The lowest BCUT2D eigenvalue weighted by Gasteiger charge is -2.13. The quantitative estimate of drug-likeness (QED) is 0.519. The van der Waals surface area contributed by atoms with Crippen LogP contribution in [-0.4, -0.2) is 34.1 Å². The molecule has 0 bridgehead atoms. The summed E-state index contributed by atoms with van der Waals surface area (Å²) in [5, 5.41) is 8.19. The summed E-state index contributed by atoms with van der Waals surface area (Å²) in [6.45, 7) is 0. The SMILES string of the molecule is COc1ccc(-c2[nH]nc3ncc4c(c23)C(=O)N(c2ccc(Cl)cc2)C4=O)cc1. The molecule has 0 aliphatic carbocycles. The highest BCUT2D eigenvalue weighted by Gasteiger charge is 2.39. The Kier molecular flexibility index (Phi) is 3.85. The molecule has 5 rings (SSSR count). The second-order valence-corrected chi connectivity index (χ2v) is 6.93. The topological polar surface area (TPSA) is 88.2 Å². The fourth-order valence-corrected chi connectivity index (χ4v) is 3.61.